The molecule has 1 atom stereocenters. The van der Waals surface area contributed by atoms with Gasteiger partial charge in [0.15, 0.2) is 0 Å². The highest BCUT2D eigenvalue weighted by Crippen LogP contribution is 2.22. The van der Waals surface area contributed by atoms with E-state index in [2.05, 4.69) is 5.32 Å². The molecular formula is C22H26N2O4. The van der Waals surface area contributed by atoms with E-state index < -0.39 is 0 Å². The fraction of sp³-hybridized carbons (Fsp3) is 0.364. The van der Waals surface area contributed by atoms with Crippen LogP contribution in [0.25, 0.3) is 0 Å². The second-order valence-corrected chi connectivity index (χ2v) is 6.84. The summed E-state index contributed by atoms with van der Waals surface area (Å²) in [5.41, 5.74) is 0.693. The third kappa shape index (κ3) is 6.09. The maximum atomic E-state index is 12.2. The van der Waals surface area contributed by atoms with Gasteiger partial charge in [-0.05, 0) is 49.2 Å². The molecule has 2 aromatic rings. The minimum absolute atomic E-state index is 0.0364. The summed E-state index contributed by atoms with van der Waals surface area (Å²) in [6.45, 7) is 3.21. The SMILES string of the molecule is CC(=O)N(CCC(=O)Nc1ccc(Oc2ccccc2)cc1)CC1CCCO1. The molecule has 1 saturated heterocycles. The number of para-hydroxylation sites is 1. The Morgan fingerprint density at radius 2 is 1.82 bits per heavy atom. The van der Waals surface area contributed by atoms with Crippen molar-refractivity contribution in [1.82, 2.24) is 4.90 Å². The Hall–Kier alpha value is -2.86. The highest BCUT2D eigenvalue weighted by Gasteiger charge is 2.21. The number of carbonyl (C=O) groups excluding carboxylic acids is 2. The molecule has 1 aliphatic heterocycles. The summed E-state index contributed by atoms with van der Waals surface area (Å²) in [7, 11) is 0. The molecule has 3 rings (SSSR count). The van der Waals surface area contributed by atoms with Gasteiger partial charge in [0.25, 0.3) is 0 Å². The van der Waals surface area contributed by atoms with Crippen molar-refractivity contribution >= 4 is 17.5 Å². The van der Waals surface area contributed by atoms with Crippen LogP contribution in [0.3, 0.4) is 0 Å². The monoisotopic (exact) mass is 382 g/mol. The molecule has 0 radical (unpaired) electrons. The van der Waals surface area contributed by atoms with Crippen molar-refractivity contribution in [3.05, 3.63) is 54.6 Å². The van der Waals surface area contributed by atoms with Crippen LogP contribution in [0.1, 0.15) is 26.2 Å². The van der Waals surface area contributed by atoms with Gasteiger partial charge >= 0.3 is 0 Å². The van der Waals surface area contributed by atoms with E-state index in [4.69, 9.17) is 9.47 Å². The maximum Gasteiger partial charge on any atom is 0.226 e. The Balaban J connectivity index is 1.46. The molecule has 148 valence electrons. The van der Waals surface area contributed by atoms with Crippen LogP contribution in [0, 0.1) is 0 Å². The number of hydrogen-bond acceptors (Lipinski definition) is 4. The van der Waals surface area contributed by atoms with E-state index >= 15 is 0 Å². The molecule has 2 aromatic carbocycles. The predicted octanol–water partition coefficient (Wildman–Crippen LogP) is 3.84. The van der Waals surface area contributed by atoms with E-state index in [9.17, 15) is 9.59 Å². The van der Waals surface area contributed by atoms with E-state index in [1.807, 2.05) is 42.5 Å². The molecule has 1 unspecified atom stereocenters. The molecule has 0 saturated carbocycles. The largest absolute Gasteiger partial charge is 0.457 e. The molecule has 1 fully saturated rings. The first-order valence-electron chi connectivity index (χ1n) is 9.60. The summed E-state index contributed by atoms with van der Waals surface area (Å²) >= 11 is 0. The van der Waals surface area contributed by atoms with Gasteiger partial charge in [-0.15, -0.1) is 0 Å². The fourth-order valence-electron chi connectivity index (χ4n) is 3.10. The summed E-state index contributed by atoms with van der Waals surface area (Å²) in [5, 5.41) is 2.86. The van der Waals surface area contributed by atoms with Gasteiger partial charge in [0.2, 0.25) is 11.8 Å². The Kier molecular flexibility index (Phi) is 7.03. The minimum atomic E-state index is -0.129. The molecule has 0 aromatic heterocycles. The second kappa shape index (κ2) is 9.90. The van der Waals surface area contributed by atoms with Crippen LogP contribution < -0.4 is 10.1 Å². The van der Waals surface area contributed by atoms with Gasteiger partial charge in [0.05, 0.1) is 6.10 Å². The van der Waals surface area contributed by atoms with Gasteiger partial charge in [0, 0.05) is 38.7 Å². The van der Waals surface area contributed by atoms with Crippen LogP contribution in [-0.2, 0) is 14.3 Å². The van der Waals surface area contributed by atoms with Crippen LogP contribution in [-0.4, -0.2) is 42.5 Å². The first-order valence-corrected chi connectivity index (χ1v) is 9.60. The number of benzene rings is 2. The molecule has 6 nitrogen and oxygen atoms in total. The molecule has 6 heteroatoms. The fourth-order valence-corrected chi connectivity index (χ4v) is 3.10. The predicted molar refractivity (Wildman–Crippen MR) is 107 cm³/mol. The smallest absolute Gasteiger partial charge is 0.226 e. The minimum Gasteiger partial charge on any atom is -0.457 e. The number of carbonyl (C=O) groups is 2. The Morgan fingerprint density at radius 3 is 2.46 bits per heavy atom. The molecule has 2 amide bonds. The number of nitrogens with zero attached hydrogens (tertiary/aromatic N) is 1. The van der Waals surface area contributed by atoms with Crippen molar-refractivity contribution in [3.8, 4) is 11.5 Å². The summed E-state index contributed by atoms with van der Waals surface area (Å²) in [6, 6.07) is 16.7. The zero-order valence-electron chi connectivity index (χ0n) is 16.1. The van der Waals surface area contributed by atoms with Gasteiger partial charge in [-0.3, -0.25) is 9.59 Å². The Bertz CT molecular complexity index is 771. The van der Waals surface area contributed by atoms with Gasteiger partial charge in [0.1, 0.15) is 11.5 Å². The van der Waals surface area contributed by atoms with Gasteiger partial charge in [-0.1, -0.05) is 18.2 Å². The molecule has 0 spiro atoms. The molecule has 1 heterocycles. The summed E-state index contributed by atoms with van der Waals surface area (Å²) in [4.78, 5) is 25.7. The van der Waals surface area contributed by atoms with E-state index in [0.717, 1.165) is 25.2 Å². The standard InChI is InChI=1S/C22H26N2O4/c1-17(25)24(16-21-8-5-15-27-21)14-13-22(26)23-18-9-11-20(12-10-18)28-19-6-3-2-4-7-19/h2-4,6-7,9-12,21H,5,8,13-16H2,1H3,(H,23,26). The molecule has 0 bridgehead atoms. The number of ether oxygens (including phenoxy) is 2. The summed E-state index contributed by atoms with van der Waals surface area (Å²) in [6.07, 6.45) is 2.33. The highest BCUT2D eigenvalue weighted by atomic mass is 16.5. The second-order valence-electron chi connectivity index (χ2n) is 6.84. The van der Waals surface area contributed by atoms with Crippen LogP contribution >= 0.6 is 0 Å². The van der Waals surface area contributed by atoms with Gasteiger partial charge in [-0.25, -0.2) is 0 Å². The quantitative estimate of drug-likeness (QED) is 0.753. The van der Waals surface area contributed by atoms with Gasteiger partial charge < -0.3 is 19.7 Å². The first-order chi connectivity index (χ1) is 13.6. The van der Waals surface area contributed by atoms with Crippen LogP contribution in [0.5, 0.6) is 11.5 Å². The molecule has 1 N–H and O–H groups in total. The molecule has 28 heavy (non-hydrogen) atoms. The van der Waals surface area contributed by atoms with Crippen LogP contribution in [0.2, 0.25) is 0 Å². The zero-order valence-corrected chi connectivity index (χ0v) is 16.1. The van der Waals surface area contributed by atoms with Crippen molar-refractivity contribution < 1.29 is 19.1 Å². The van der Waals surface area contributed by atoms with Crippen molar-refractivity contribution in [2.24, 2.45) is 0 Å². The van der Waals surface area contributed by atoms with Gasteiger partial charge in [-0.2, -0.15) is 0 Å². The van der Waals surface area contributed by atoms with Crippen LogP contribution in [0.15, 0.2) is 54.6 Å². The number of amides is 2. The average Bonchev–Trinajstić information content (AvgIpc) is 3.20. The lowest BCUT2D eigenvalue weighted by atomic mass is 10.2. The van der Waals surface area contributed by atoms with E-state index in [0.29, 0.717) is 24.5 Å². The Labute approximate surface area is 165 Å². The van der Waals surface area contributed by atoms with Crippen molar-refractivity contribution in [1.29, 1.82) is 0 Å². The number of rotatable bonds is 8. The molecule has 0 aliphatic carbocycles. The maximum absolute atomic E-state index is 12.2. The highest BCUT2D eigenvalue weighted by molar-refractivity contribution is 5.91. The number of hydrogen-bond donors (Lipinski definition) is 1. The van der Waals surface area contributed by atoms with Crippen molar-refractivity contribution in [2.75, 3.05) is 25.0 Å². The number of nitrogens with one attached hydrogen (secondary N) is 1. The molecular weight excluding hydrogens is 356 g/mol. The van der Waals surface area contributed by atoms with E-state index in [1.165, 1.54) is 6.92 Å². The van der Waals surface area contributed by atoms with E-state index in [1.54, 1.807) is 17.0 Å². The summed E-state index contributed by atoms with van der Waals surface area (Å²) in [5.74, 6) is 1.29. The molecule has 1 aliphatic rings. The lowest BCUT2D eigenvalue weighted by Crippen LogP contribution is -2.37. The Morgan fingerprint density at radius 1 is 1.11 bits per heavy atom. The average molecular weight is 382 g/mol. The van der Waals surface area contributed by atoms with Crippen molar-refractivity contribution in [3.63, 3.8) is 0 Å². The van der Waals surface area contributed by atoms with E-state index in [-0.39, 0.29) is 24.3 Å². The lowest BCUT2D eigenvalue weighted by Gasteiger charge is -2.23. The van der Waals surface area contributed by atoms with Crippen molar-refractivity contribution in [2.45, 2.75) is 32.3 Å². The van der Waals surface area contributed by atoms with Crippen LogP contribution in [0.4, 0.5) is 5.69 Å². The zero-order chi connectivity index (χ0) is 19.8. The lowest BCUT2D eigenvalue weighted by molar-refractivity contribution is -0.130. The third-order valence-electron chi connectivity index (χ3n) is 4.62. The topological polar surface area (TPSA) is 67.9 Å². The third-order valence-corrected chi connectivity index (χ3v) is 4.62. The number of anilines is 1. The first kappa shape index (κ1) is 19.9. The normalized spacial score (nSPS) is 15.8. The summed E-state index contributed by atoms with van der Waals surface area (Å²) < 4.78 is 11.3.